The predicted molar refractivity (Wildman–Crippen MR) is 119 cm³/mol. The SMILES string of the molecule is CCN(CC)C(CNC(=O)Cn1c(=O)[nH]c(=O)c2ccccc21)c1ccccc1Cl. The number of amides is 1. The van der Waals surface area contributed by atoms with Crippen molar-refractivity contribution < 1.29 is 4.79 Å². The van der Waals surface area contributed by atoms with Crippen molar-refractivity contribution in [2.24, 2.45) is 0 Å². The van der Waals surface area contributed by atoms with Gasteiger partial charge in [-0.3, -0.25) is 24.0 Å². The van der Waals surface area contributed by atoms with Crippen LogP contribution in [0.1, 0.15) is 25.5 Å². The van der Waals surface area contributed by atoms with Crippen LogP contribution in [0.4, 0.5) is 0 Å². The van der Waals surface area contributed by atoms with Crippen LogP contribution < -0.4 is 16.6 Å². The summed E-state index contributed by atoms with van der Waals surface area (Å²) >= 11 is 6.40. The number of carbonyl (C=O) groups is 1. The number of aromatic nitrogens is 2. The minimum Gasteiger partial charge on any atom is -0.353 e. The van der Waals surface area contributed by atoms with E-state index in [1.54, 1.807) is 24.3 Å². The van der Waals surface area contributed by atoms with Crippen molar-refractivity contribution in [3.8, 4) is 0 Å². The van der Waals surface area contributed by atoms with Gasteiger partial charge in [-0.2, -0.15) is 0 Å². The molecule has 30 heavy (non-hydrogen) atoms. The molecule has 7 nitrogen and oxygen atoms in total. The van der Waals surface area contributed by atoms with E-state index in [1.807, 2.05) is 24.3 Å². The Hall–Kier alpha value is -2.90. The van der Waals surface area contributed by atoms with Crippen molar-refractivity contribution in [2.45, 2.75) is 26.4 Å². The van der Waals surface area contributed by atoms with Gasteiger partial charge in [0.2, 0.25) is 5.91 Å². The Labute approximate surface area is 179 Å². The molecule has 1 aromatic heterocycles. The van der Waals surface area contributed by atoms with Crippen LogP contribution in [0.15, 0.2) is 58.1 Å². The summed E-state index contributed by atoms with van der Waals surface area (Å²) in [6.45, 7) is 5.87. The molecule has 0 radical (unpaired) electrons. The van der Waals surface area contributed by atoms with Gasteiger partial charge >= 0.3 is 5.69 Å². The molecular weight excluding hydrogens is 404 g/mol. The molecular formula is C22H25ClN4O3. The van der Waals surface area contributed by atoms with Gasteiger partial charge in [0, 0.05) is 11.6 Å². The van der Waals surface area contributed by atoms with Gasteiger partial charge in [-0.1, -0.05) is 55.8 Å². The average Bonchev–Trinajstić information content (AvgIpc) is 2.75. The number of hydrogen-bond acceptors (Lipinski definition) is 4. The highest BCUT2D eigenvalue weighted by atomic mass is 35.5. The third-order valence-electron chi connectivity index (χ3n) is 5.22. The topological polar surface area (TPSA) is 87.2 Å². The zero-order valence-electron chi connectivity index (χ0n) is 17.0. The first kappa shape index (κ1) is 21.8. The summed E-state index contributed by atoms with van der Waals surface area (Å²) in [7, 11) is 0. The number of para-hydroxylation sites is 1. The standard InChI is InChI=1S/C22H25ClN4O3/c1-3-26(4-2)19(15-9-5-7-11-17(15)23)13-24-20(28)14-27-18-12-8-6-10-16(18)21(29)25-22(27)30/h5-12,19H,3-4,13-14H2,1-2H3,(H,24,28)(H,25,29,30). The van der Waals surface area contributed by atoms with E-state index in [0.29, 0.717) is 22.5 Å². The zero-order valence-corrected chi connectivity index (χ0v) is 17.8. The van der Waals surface area contributed by atoms with E-state index in [-0.39, 0.29) is 18.5 Å². The van der Waals surface area contributed by atoms with Crippen LogP contribution in [0.25, 0.3) is 10.9 Å². The Kier molecular flexibility index (Phi) is 7.07. The van der Waals surface area contributed by atoms with Gasteiger partial charge in [-0.05, 0) is 36.9 Å². The number of benzene rings is 2. The van der Waals surface area contributed by atoms with E-state index in [2.05, 4.69) is 29.0 Å². The lowest BCUT2D eigenvalue weighted by atomic mass is 10.0. The lowest BCUT2D eigenvalue weighted by Gasteiger charge is -2.31. The second-order valence-corrected chi connectivity index (χ2v) is 7.33. The van der Waals surface area contributed by atoms with Crippen LogP contribution in [0, 0.1) is 0 Å². The van der Waals surface area contributed by atoms with Crippen molar-refractivity contribution >= 4 is 28.4 Å². The number of hydrogen-bond donors (Lipinski definition) is 2. The molecule has 0 fully saturated rings. The first-order chi connectivity index (χ1) is 14.5. The molecule has 1 amide bonds. The summed E-state index contributed by atoms with van der Waals surface area (Å²) < 4.78 is 1.27. The van der Waals surface area contributed by atoms with Gasteiger partial charge in [0.15, 0.2) is 0 Å². The van der Waals surface area contributed by atoms with Crippen molar-refractivity contribution in [2.75, 3.05) is 19.6 Å². The molecule has 1 heterocycles. The van der Waals surface area contributed by atoms with Crippen LogP contribution >= 0.6 is 11.6 Å². The van der Waals surface area contributed by atoms with Crippen molar-refractivity contribution in [3.63, 3.8) is 0 Å². The normalized spacial score (nSPS) is 12.3. The van der Waals surface area contributed by atoms with Gasteiger partial charge in [-0.25, -0.2) is 4.79 Å². The first-order valence-corrected chi connectivity index (χ1v) is 10.3. The number of carbonyl (C=O) groups excluding carboxylic acids is 1. The molecule has 8 heteroatoms. The van der Waals surface area contributed by atoms with E-state index >= 15 is 0 Å². The lowest BCUT2D eigenvalue weighted by Crippen LogP contribution is -2.41. The molecule has 0 aliphatic heterocycles. The van der Waals surface area contributed by atoms with E-state index in [9.17, 15) is 14.4 Å². The Balaban J connectivity index is 1.82. The van der Waals surface area contributed by atoms with E-state index < -0.39 is 11.2 Å². The fourth-order valence-corrected chi connectivity index (χ4v) is 3.92. The minimum absolute atomic E-state index is 0.0957. The molecule has 1 atom stereocenters. The number of fused-ring (bicyclic) bond motifs is 1. The fraction of sp³-hybridized carbons (Fsp3) is 0.318. The number of nitrogens with one attached hydrogen (secondary N) is 2. The Morgan fingerprint density at radius 3 is 2.47 bits per heavy atom. The summed E-state index contributed by atoms with van der Waals surface area (Å²) in [5.41, 5.74) is 0.287. The Morgan fingerprint density at radius 1 is 1.10 bits per heavy atom. The largest absolute Gasteiger partial charge is 0.353 e. The van der Waals surface area contributed by atoms with Gasteiger partial charge in [0.1, 0.15) is 6.54 Å². The summed E-state index contributed by atoms with van der Waals surface area (Å²) in [6, 6.07) is 14.2. The molecule has 1 unspecified atom stereocenters. The Bertz CT molecular complexity index is 1150. The number of H-pyrrole nitrogens is 1. The molecule has 3 aromatic rings. The smallest absolute Gasteiger partial charge is 0.329 e. The van der Waals surface area contributed by atoms with Crippen LogP contribution in [0.2, 0.25) is 5.02 Å². The highest BCUT2D eigenvalue weighted by Gasteiger charge is 2.21. The fourth-order valence-electron chi connectivity index (χ4n) is 3.65. The maximum absolute atomic E-state index is 12.7. The van der Waals surface area contributed by atoms with Crippen LogP contribution in [0.5, 0.6) is 0 Å². The highest BCUT2D eigenvalue weighted by molar-refractivity contribution is 6.31. The van der Waals surface area contributed by atoms with Crippen LogP contribution in [0.3, 0.4) is 0 Å². The summed E-state index contributed by atoms with van der Waals surface area (Å²) in [5.74, 6) is -0.321. The van der Waals surface area contributed by atoms with E-state index in [1.165, 1.54) is 4.57 Å². The Morgan fingerprint density at radius 2 is 1.77 bits per heavy atom. The second-order valence-electron chi connectivity index (χ2n) is 6.93. The maximum Gasteiger partial charge on any atom is 0.329 e. The molecule has 0 saturated carbocycles. The number of likely N-dealkylation sites (N-methyl/N-ethyl adjacent to an activating group) is 1. The van der Waals surface area contributed by atoms with Gasteiger partial charge in [0.25, 0.3) is 5.56 Å². The van der Waals surface area contributed by atoms with Crippen LogP contribution in [-0.2, 0) is 11.3 Å². The molecule has 0 aliphatic rings. The maximum atomic E-state index is 12.7. The summed E-state index contributed by atoms with van der Waals surface area (Å²) in [5, 5.41) is 3.93. The summed E-state index contributed by atoms with van der Waals surface area (Å²) in [6.07, 6.45) is 0. The number of halogens is 1. The molecule has 0 saturated heterocycles. The quantitative estimate of drug-likeness (QED) is 0.577. The van der Waals surface area contributed by atoms with Crippen molar-refractivity contribution in [1.82, 2.24) is 19.8 Å². The molecule has 0 aliphatic carbocycles. The third kappa shape index (κ3) is 4.63. The molecule has 3 rings (SSSR count). The average molecular weight is 429 g/mol. The van der Waals surface area contributed by atoms with Gasteiger partial charge in [-0.15, -0.1) is 0 Å². The van der Waals surface area contributed by atoms with Gasteiger partial charge < -0.3 is 5.32 Å². The first-order valence-electron chi connectivity index (χ1n) is 9.93. The molecule has 0 spiro atoms. The number of rotatable bonds is 8. The van der Waals surface area contributed by atoms with E-state index in [4.69, 9.17) is 11.6 Å². The monoisotopic (exact) mass is 428 g/mol. The molecule has 158 valence electrons. The number of nitrogens with zero attached hydrogens (tertiary/aromatic N) is 2. The van der Waals surface area contributed by atoms with E-state index in [0.717, 1.165) is 18.7 Å². The van der Waals surface area contributed by atoms with Gasteiger partial charge in [0.05, 0.1) is 16.9 Å². The molecule has 0 bridgehead atoms. The number of aromatic amines is 1. The molecule has 2 N–H and O–H groups in total. The third-order valence-corrected chi connectivity index (χ3v) is 5.56. The minimum atomic E-state index is -0.611. The molecule has 2 aromatic carbocycles. The second kappa shape index (κ2) is 9.73. The zero-order chi connectivity index (χ0) is 21.7. The predicted octanol–water partition coefficient (Wildman–Crippen LogP) is 2.54. The lowest BCUT2D eigenvalue weighted by molar-refractivity contribution is -0.121. The highest BCUT2D eigenvalue weighted by Crippen LogP contribution is 2.26. The van der Waals surface area contributed by atoms with Crippen LogP contribution in [-0.4, -0.2) is 40.0 Å². The summed E-state index contributed by atoms with van der Waals surface area (Å²) in [4.78, 5) is 41.5. The van der Waals surface area contributed by atoms with Crippen molar-refractivity contribution in [3.05, 3.63) is 80.0 Å². The van der Waals surface area contributed by atoms with Crippen molar-refractivity contribution in [1.29, 1.82) is 0 Å².